The van der Waals surface area contributed by atoms with Gasteiger partial charge < -0.3 is 10.1 Å². The minimum absolute atomic E-state index is 0.00835. The largest absolute Gasteiger partial charge is 0.469 e. The monoisotopic (exact) mass is 421 g/mol. The van der Waals surface area contributed by atoms with Crippen LogP contribution in [0.15, 0.2) is 47.5 Å². The Hall–Kier alpha value is -1.78. The molecule has 1 saturated heterocycles. The molecular weight excluding hydrogens is 397 g/mol. The van der Waals surface area contributed by atoms with Crippen LogP contribution in [0.2, 0.25) is 5.02 Å². The molecule has 4 unspecified atom stereocenters. The predicted molar refractivity (Wildman–Crippen MR) is 111 cm³/mol. The van der Waals surface area contributed by atoms with E-state index in [4.69, 9.17) is 27.9 Å². The third-order valence-corrected chi connectivity index (χ3v) is 6.53. The number of halogens is 2. The molecule has 0 bridgehead atoms. The molecule has 1 aromatic rings. The summed E-state index contributed by atoms with van der Waals surface area (Å²) in [4.78, 5) is 25.0. The molecule has 0 spiro atoms. The molecule has 28 heavy (non-hydrogen) atoms. The van der Waals surface area contributed by atoms with E-state index in [9.17, 15) is 9.59 Å². The van der Waals surface area contributed by atoms with Crippen LogP contribution in [-0.4, -0.2) is 25.0 Å². The Morgan fingerprint density at radius 1 is 1.32 bits per heavy atom. The molecule has 1 aliphatic heterocycles. The van der Waals surface area contributed by atoms with Crippen molar-refractivity contribution in [3.8, 4) is 0 Å². The average Bonchev–Trinajstić information content (AvgIpc) is 2.66. The number of piperidine rings is 1. The van der Waals surface area contributed by atoms with Gasteiger partial charge in [0.2, 0.25) is 5.91 Å². The van der Waals surface area contributed by atoms with Gasteiger partial charge in [0.15, 0.2) is 0 Å². The predicted octanol–water partition coefficient (Wildman–Crippen LogP) is 4.97. The molecular formula is C22H25Cl2NO3. The van der Waals surface area contributed by atoms with Crippen molar-refractivity contribution >= 4 is 35.1 Å². The maximum atomic E-state index is 13.1. The minimum Gasteiger partial charge on any atom is -0.469 e. The van der Waals surface area contributed by atoms with E-state index in [1.165, 1.54) is 7.11 Å². The van der Waals surface area contributed by atoms with Crippen molar-refractivity contribution < 1.29 is 14.3 Å². The third-order valence-electron chi connectivity index (χ3n) is 6.02. The topological polar surface area (TPSA) is 55.4 Å². The summed E-state index contributed by atoms with van der Waals surface area (Å²) in [5, 5.41) is 4.57. The van der Waals surface area contributed by atoms with Gasteiger partial charge in [-0.1, -0.05) is 61.3 Å². The van der Waals surface area contributed by atoms with Gasteiger partial charge in [0.1, 0.15) is 0 Å². The first kappa shape index (κ1) is 20.9. The number of allylic oxidation sites excluding steroid dienone is 3. The second-order valence-corrected chi connectivity index (χ2v) is 9.14. The van der Waals surface area contributed by atoms with Crippen molar-refractivity contribution in [1.29, 1.82) is 0 Å². The molecule has 4 atom stereocenters. The van der Waals surface area contributed by atoms with E-state index in [1.807, 2.05) is 43.3 Å². The fraction of sp³-hybridized carbons (Fsp3) is 0.455. The Balaban J connectivity index is 2.00. The smallest absolute Gasteiger partial charge is 0.306 e. The lowest BCUT2D eigenvalue weighted by atomic mass is 9.62. The first-order valence-corrected chi connectivity index (χ1v) is 10.1. The Morgan fingerprint density at radius 3 is 2.68 bits per heavy atom. The van der Waals surface area contributed by atoms with Gasteiger partial charge >= 0.3 is 5.97 Å². The normalized spacial score (nSPS) is 32.5. The van der Waals surface area contributed by atoms with E-state index in [0.717, 1.165) is 12.0 Å². The van der Waals surface area contributed by atoms with Crippen LogP contribution in [0.25, 0.3) is 0 Å². The minimum atomic E-state index is -0.848. The number of ether oxygens (including phenoxy) is 1. The van der Waals surface area contributed by atoms with Crippen molar-refractivity contribution in [2.24, 2.45) is 10.8 Å². The first-order valence-electron chi connectivity index (χ1n) is 9.35. The second-order valence-electron chi connectivity index (χ2n) is 8.26. The number of hydrogen-bond acceptors (Lipinski definition) is 3. The molecule has 1 amide bonds. The van der Waals surface area contributed by atoms with E-state index in [1.54, 1.807) is 0 Å². The van der Waals surface area contributed by atoms with Gasteiger partial charge in [0.05, 0.1) is 18.9 Å². The second kappa shape index (κ2) is 7.92. The zero-order valence-corrected chi connectivity index (χ0v) is 17.8. The Morgan fingerprint density at radius 2 is 2.07 bits per heavy atom. The summed E-state index contributed by atoms with van der Waals surface area (Å²) in [6.45, 7) is 3.94. The number of nitrogens with one attached hydrogen (secondary N) is 1. The molecule has 0 radical (unpaired) electrons. The van der Waals surface area contributed by atoms with Gasteiger partial charge in [-0.2, -0.15) is 0 Å². The van der Waals surface area contributed by atoms with Crippen LogP contribution in [0.4, 0.5) is 0 Å². The van der Waals surface area contributed by atoms with Crippen LogP contribution in [-0.2, 0) is 14.3 Å². The van der Waals surface area contributed by atoms with E-state index in [0.29, 0.717) is 16.5 Å². The SMILES string of the molecule is COC(=O)CC1(C)CC(c2cccc(Cl)c2)C(C2(C)C=CC(Cl)=CC2)NC1=O. The quantitative estimate of drug-likeness (QED) is 0.697. The van der Waals surface area contributed by atoms with Gasteiger partial charge in [0, 0.05) is 27.4 Å². The highest BCUT2D eigenvalue weighted by atomic mass is 35.5. The Kier molecular flexibility index (Phi) is 5.92. The van der Waals surface area contributed by atoms with Crippen molar-refractivity contribution in [2.45, 2.75) is 45.1 Å². The van der Waals surface area contributed by atoms with Crippen LogP contribution in [0, 0.1) is 10.8 Å². The van der Waals surface area contributed by atoms with Crippen LogP contribution in [0.1, 0.15) is 44.6 Å². The summed E-state index contributed by atoms with van der Waals surface area (Å²) in [6, 6.07) is 7.56. The number of amides is 1. The van der Waals surface area contributed by atoms with E-state index in [2.05, 4.69) is 18.3 Å². The molecule has 6 heteroatoms. The molecule has 0 aromatic heterocycles. The molecule has 0 saturated carbocycles. The lowest BCUT2D eigenvalue weighted by molar-refractivity contribution is -0.150. The van der Waals surface area contributed by atoms with Gasteiger partial charge in [-0.25, -0.2) is 0 Å². The van der Waals surface area contributed by atoms with Crippen molar-refractivity contribution in [1.82, 2.24) is 5.32 Å². The molecule has 1 aromatic carbocycles. The zero-order chi connectivity index (χ0) is 20.5. The lowest BCUT2D eigenvalue weighted by Gasteiger charge is -2.49. The maximum absolute atomic E-state index is 13.1. The summed E-state index contributed by atoms with van der Waals surface area (Å²) >= 11 is 12.4. The highest BCUT2D eigenvalue weighted by molar-refractivity contribution is 6.31. The number of carbonyl (C=O) groups excluding carboxylic acids is 2. The Labute approximate surface area is 175 Å². The molecule has 1 fully saturated rings. The van der Waals surface area contributed by atoms with E-state index >= 15 is 0 Å². The van der Waals surface area contributed by atoms with Gasteiger partial charge in [-0.15, -0.1) is 0 Å². The number of benzene rings is 1. The number of hydrogen-bond donors (Lipinski definition) is 1. The summed E-state index contributed by atoms with van der Waals surface area (Å²) < 4.78 is 4.83. The van der Waals surface area contributed by atoms with Gasteiger partial charge in [-0.3, -0.25) is 9.59 Å². The standard InChI is InChI=1S/C22H25Cl2NO3/c1-21(9-7-15(23)8-10-21)19-17(14-5-4-6-16(24)11-14)12-22(2,20(27)25-19)13-18(26)28-3/h4-9,11,17,19H,10,12-13H2,1-3H3,(H,25,27). The molecule has 150 valence electrons. The molecule has 1 N–H and O–H groups in total. The zero-order valence-electron chi connectivity index (χ0n) is 16.3. The number of methoxy groups -OCH3 is 1. The van der Waals surface area contributed by atoms with Gasteiger partial charge in [0.25, 0.3) is 0 Å². The molecule has 1 heterocycles. The maximum Gasteiger partial charge on any atom is 0.306 e. The Bertz CT molecular complexity index is 850. The van der Waals surface area contributed by atoms with Crippen LogP contribution in [0.3, 0.4) is 0 Å². The van der Waals surface area contributed by atoms with Crippen molar-refractivity contribution in [2.75, 3.05) is 7.11 Å². The number of carbonyl (C=O) groups is 2. The summed E-state index contributed by atoms with van der Waals surface area (Å²) in [5.41, 5.74) is -0.101. The van der Waals surface area contributed by atoms with Crippen molar-refractivity contribution in [3.63, 3.8) is 0 Å². The van der Waals surface area contributed by atoms with Gasteiger partial charge in [-0.05, 0) is 36.6 Å². The highest BCUT2D eigenvalue weighted by Gasteiger charge is 2.50. The number of rotatable bonds is 4. The van der Waals surface area contributed by atoms with E-state index < -0.39 is 5.41 Å². The fourth-order valence-electron chi connectivity index (χ4n) is 4.28. The van der Waals surface area contributed by atoms with Crippen LogP contribution >= 0.6 is 23.2 Å². The highest BCUT2D eigenvalue weighted by Crippen LogP contribution is 2.48. The lowest BCUT2D eigenvalue weighted by Crippen LogP contribution is -2.59. The molecule has 4 nitrogen and oxygen atoms in total. The summed E-state index contributed by atoms with van der Waals surface area (Å²) in [5.74, 6) is -0.526. The van der Waals surface area contributed by atoms with Crippen molar-refractivity contribution in [3.05, 3.63) is 58.1 Å². The molecule has 2 aliphatic rings. The molecule has 1 aliphatic carbocycles. The summed E-state index contributed by atoms with van der Waals surface area (Å²) in [6.07, 6.45) is 7.22. The fourth-order valence-corrected chi connectivity index (χ4v) is 4.62. The number of esters is 1. The first-order chi connectivity index (χ1) is 13.2. The average molecular weight is 422 g/mol. The molecule has 3 rings (SSSR count). The van der Waals surface area contributed by atoms with Crippen LogP contribution < -0.4 is 5.32 Å². The van der Waals surface area contributed by atoms with E-state index in [-0.39, 0.29) is 35.7 Å². The van der Waals surface area contributed by atoms with Crippen LogP contribution in [0.5, 0.6) is 0 Å². The third kappa shape index (κ3) is 4.13. The summed E-state index contributed by atoms with van der Waals surface area (Å²) in [7, 11) is 1.34.